The predicted octanol–water partition coefficient (Wildman–Crippen LogP) is 4.40. The smallest absolute Gasteiger partial charge is 0.312 e. The number of amides is 1. The minimum Gasteiger partial charge on any atom is -0.489 e. The summed E-state index contributed by atoms with van der Waals surface area (Å²) in [4.78, 5) is 23.3. The third kappa shape index (κ3) is 5.43. The van der Waals surface area contributed by atoms with Crippen LogP contribution in [0.5, 0.6) is 5.75 Å². The summed E-state index contributed by atoms with van der Waals surface area (Å²) in [5, 5.41) is 19.5. The van der Waals surface area contributed by atoms with E-state index >= 15 is 0 Å². The van der Waals surface area contributed by atoms with E-state index in [4.69, 9.17) is 4.74 Å². The molecule has 1 atom stereocenters. The average Bonchev–Trinajstić information content (AvgIpc) is 3.10. The van der Waals surface area contributed by atoms with Gasteiger partial charge in [-0.1, -0.05) is 24.3 Å². The van der Waals surface area contributed by atoms with E-state index in [1.165, 1.54) is 10.2 Å². The molecule has 0 radical (unpaired) electrons. The molecule has 1 N–H and O–H groups in total. The van der Waals surface area contributed by atoms with Crippen molar-refractivity contribution in [1.82, 2.24) is 15.2 Å². The third-order valence-corrected chi connectivity index (χ3v) is 5.48. The van der Waals surface area contributed by atoms with Crippen LogP contribution in [0.4, 0.5) is 5.69 Å². The summed E-state index contributed by atoms with van der Waals surface area (Å²) < 4.78 is 7.20. The first-order valence-corrected chi connectivity index (χ1v) is 10.5. The molecule has 1 heterocycles. The molecule has 2 aromatic carbocycles. The van der Waals surface area contributed by atoms with E-state index in [0.717, 1.165) is 16.9 Å². The summed E-state index contributed by atoms with van der Waals surface area (Å²) in [5.74, 6) is 0.312. The van der Waals surface area contributed by atoms with Crippen molar-refractivity contribution in [2.75, 3.05) is 0 Å². The van der Waals surface area contributed by atoms with Gasteiger partial charge in [-0.2, -0.15) is 10.2 Å². The van der Waals surface area contributed by atoms with Crippen molar-refractivity contribution < 1.29 is 14.5 Å². The molecule has 0 spiro atoms. The van der Waals surface area contributed by atoms with Crippen molar-refractivity contribution in [2.45, 2.75) is 47.3 Å². The minimum atomic E-state index is -0.758. The molecular weight excluding hydrogens is 422 g/mol. The number of carbonyl (C=O) groups is 1. The Bertz CT molecular complexity index is 1200. The molecule has 1 aromatic heterocycles. The summed E-state index contributed by atoms with van der Waals surface area (Å²) in [6, 6.07) is 14.7. The number of aryl methyl sites for hydroxylation is 2. The van der Waals surface area contributed by atoms with Gasteiger partial charge in [0.1, 0.15) is 29.8 Å². The Morgan fingerprint density at radius 3 is 2.45 bits per heavy atom. The first-order chi connectivity index (χ1) is 15.7. The minimum absolute atomic E-state index is 0.0842. The first kappa shape index (κ1) is 23.6. The maximum atomic E-state index is 12.6. The van der Waals surface area contributed by atoms with Gasteiger partial charge in [0.15, 0.2) is 0 Å². The van der Waals surface area contributed by atoms with Gasteiger partial charge in [0.2, 0.25) is 0 Å². The van der Waals surface area contributed by atoms with E-state index in [9.17, 15) is 14.9 Å². The monoisotopic (exact) mass is 449 g/mol. The zero-order chi connectivity index (χ0) is 24.1. The summed E-state index contributed by atoms with van der Waals surface area (Å²) in [5.41, 5.74) is 6.77. The van der Waals surface area contributed by atoms with Gasteiger partial charge in [0, 0.05) is 0 Å². The third-order valence-electron chi connectivity index (χ3n) is 5.48. The molecule has 0 aliphatic heterocycles. The van der Waals surface area contributed by atoms with Crippen LogP contribution in [0.1, 0.15) is 48.0 Å². The van der Waals surface area contributed by atoms with Crippen molar-refractivity contribution in [1.29, 1.82) is 0 Å². The fraction of sp³-hybridized carbons (Fsp3) is 0.292. The summed E-state index contributed by atoms with van der Waals surface area (Å²) in [6.07, 6.45) is 0. The maximum absolute atomic E-state index is 12.6. The van der Waals surface area contributed by atoms with Crippen LogP contribution in [0.15, 0.2) is 53.6 Å². The molecule has 33 heavy (non-hydrogen) atoms. The van der Waals surface area contributed by atoms with E-state index in [2.05, 4.69) is 15.6 Å². The lowest BCUT2D eigenvalue weighted by Gasteiger charge is -2.12. The zero-order valence-corrected chi connectivity index (χ0v) is 19.3. The Labute approximate surface area is 192 Å². The Hall–Kier alpha value is -4.01. The van der Waals surface area contributed by atoms with Crippen molar-refractivity contribution in [2.24, 2.45) is 5.10 Å². The lowest BCUT2D eigenvalue weighted by Crippen LogP contribution is -2.29. The molecule has 3 rings (SSSR count). The fourth-order valence-electron chi connectivity index (χ4n) is 3.43. The van der Waals surface area contributed by atoms with Gasteiger partial charge >= 0.3 is 5.69 Å². The molecule has 0 aliphatic carbocycles. The second-order valence-corrected chi connectivity index (χ2v) is 7.81. The van der Waals surface area contributed by atoms with Crippen molar-refractivity contribution >= 4 is 17.3 Å². The molecule has 0 fully saturated rings. The molecule has 1 unspecified atom stereocenters. The maximum Gasteiger partial charge on any atom is 0.312 e. The van der Waals surface area contributed by atoms with E-state index in [1.54, 1.807) is 27.7 Å². The molecule has 0 aliphatic rings. The Kier molecular flexibility index (Phi) is 7.22. The second-order valence-electron chi connectivity index (χ2n) is 7.81. The number of hydrogen-bond donors (Lipinski definition) is 1. The van der Waals surface area contributed by atoms with Gasteiger partial charge in [0.05, 0.1) is 10.6 Å². The average molecular weight is 450 g/mol. The normalized spacial score (nSPS) is 12.3. The van der Waals surface area contributed by atoms with E-state index in [0.29, 0.717) is 18.0 Å². The number of rotatable bonds is 8. The fourth-order valence-corrected chi connectivity index (χ4v) is 3.43. The van der Waals surface area contributed by atoms with Gasteiger partial charge in [-0.3, -0.25) is 19.6 Å². The number of nitrogens with zero attached hydrogens (tertiary/aromatic N) is 4. The van der Waals surface area contributed by atoms with Crippen molar-refractivity contribution in [3.63, 3.8) is 0 Å². The molecule has 1 amide bonds. The standard InChI is InChI=1S/C24H27N5O4/c1-15-8-6-7-9-21(15)14-33-22-12-10-20(11-13-22)16(2)25-26-24(30)19(5)28-18(4)23(29(31)32)17(3)27-28/h6-13,19H,14H2,1-5H3,(H,26,30)/b25-16+. The van der Waals surface area contributed by atoms with Crippen LogP contribution in [-0.4, -0.2) is 26.3 Å². The molecule has 9 nitrogen and oxygen atoms in total. The van der Waals surface area contributed by atoms with Gasteiger partial charge < -0.3 is 4.74 Å². The van der Waals surface area contributed by atoms with E-state index < -0.39 is 16.9 Å². The molecule has 0 saturated heterocycles. The molecule has 9 heteroatoms. The SMILES string of the molecule is C/C(=N\NC(=O)C(C)n1nc(C)c([N+](=O)[O-])c1C)c1ccc(OCc2ccccc2C)cc1. The molecule has 3 aromatic rings. The number of carbonyl (C=O) groups excluding carboxylic acids is 1. The van der Waals surface area contributed by atoms with Gasteiger partial charge in [-0.25, -0.2) is 5.43 Å². The highest BCUT2D eigenvalue weighted by Crippen LogP contribution is 2.24. The van der Waals surface area contributed by atoms with Gasteiger partial charge in [0.25, 0.3) is 5.91 Å². The van der Waals surface area contributed by atoms with Crippen LogP contribution in [0, 0.1) is 30.9 Å². The molecule has 0 saturated carbocycles. The number of benzene rings is 2. The highest BCUT2D eigenvalue weighted by Gasteiger charge is 2.27. The van der Waals surface area contributed by atoms with Crippen LogP contribution in [-0.2, 0) is 11.4 Å². The lowest BCUT2D eigenvalue weighted by atomic mass is 10.1. The predicted molar refractivity (Wildman–Crippen MR) is 125 cm³/mol. The van der Waals surface area contributed by atoms with E-state index in [1.807, 2.05) is 55.5 Å². The van der Waals surface area contributed by atoms with Crippen LogP contribution in [0.25, 0.3) is 0 Å². The number of ether oxygens (including phenoxy) is 1. The number of nitrogens with one attached hydrogen (secondary N) is 1. The Balaban J connectivity index is 1.62. The van der Waals surface area contributed by atoms with Crippen LogP contribution in [0.2, 0.25) is 0 Å². The first-order valence-electron chi connectivity index (χ1n) is 10.5. The van der Waals surface area contributed by atoms with Crippen LogP contribution in [0.3, 0.4) is 0 Å². The summed E-state index contributed by atoms with van der Waals surface area (Å²) in [6.45, 7) is 9.04. The molecule has 172 valence electrons. The Morgan fingerprint density at radius 2 is 1.85 bits per heavy atom. The summed E-state index contributed by atoms with van der Waals surface area (Å²) >= 11 is 0. The second kappa shape index (κ2) is 10.1. The zero-order valence-electron chi connectivity index (χ0n) is 19.3. The highest BCUT2D eigenvalue weighted by molar-refractivity contribution is 5.99. The quantitative estimate of drug-likeness (QED) is 0.311. The van der Waals surface area contributed by atoms with Gasteiger partial charge in [-0.05, 0) is 75.6 Å². The van der Waals surface area contributed by atoms with Gasteiger partial charge in [-0.15, -0.1) is 0 Å². The van der Waals surface area contributed by atoms with Crippen molar-refractivity contribution in [3.05, 3.63) is 86.7 Å². The van der Waals surface area contributed by atoms with E-state index in [-0.39, 0.29) is 11.4 Å². The largest absolute Gasteiger partial charge is 0.489 e. The van der Waals surface area contributed by atoms with Crippen molar-refractivity contribution in [3.8, 4) is 5.75 Å². The topological polar surface area (TPSA) is 112 Å². The lowest BCUT2D eigenvalue weighted by molar-refractivity contribution is -0.386. The molecular formula is C24H27N5O4. The molecule has 0 bridgehead atoms. The number of hydrogen-bond acceptors (Lipinski definition) is 6. The number of aromatic nitrogens is 2. The number of hydrazone groups is 1. The summed E-state index contributed by atoms with van der Waals surface area (Å²) in [7, 11) is 0. The van der Waals surface area contributed by atoms with Crippen LogP contribution < -0.4 is 10.2 Å². The van der Waals surface area contributed by atoms with Crippen LogP contribution >= 0.6 is 0 Å². The number of nitro groups is 1. The Morgan fingerprint density at radius 1 is 1.18 bits per heavy atom. The highest BCUT2D eigenvalue weighted by atomic mass is 16.6.